The van der Waals surface area contributed by atoms with E-state index in [1.54, 1.807) is 0 Å². The summed E-state index contributed by atoms with van der Waals surface area (Å²) in [4.78, 5) is 0. The molecule has 0 nitrogen and oxygen atoms in total. The molecule has 0 aromatic carbocycles. The summed E-state index contributed by atoms with van der Waals surface area (Å²) < 4.78 is 238. The highest BCUT2D eigenvalue weighted by Gasteiger charge is 2.95. The summed E-state index contributed by atoms with van der Waals surface area (Å²) >= 11 is 0. The third-order valence-corrected chi connectivity index (χ3v) is 3.19. The highest BCUT2D eigenvalue weighted by molar-refractivity contribution is 5.18. The third kappa shape index (κ3) is 3.63. The van der Waals surface area contributed by atoms with E-state index in [1.807, 2.05) is 0 Å². The first-order chi connectivity index (χ1) is 11.6. The van der Waals surface area contributed by atoms with E-state index in [4.69, 9.17) is 0 Å². The second-order valence-electron chi connectivity index (χ2n) is 4.97. The van der Waals surface area contributed by atoms with E-state index in [2.05, 4.69) is 0 Å². The van der Waals surface area contributed by atoms with Gasteiger partial charge in [0.15, 0.2) is 0 Å². The highest BCUT2D eigenvalue weighted by Crippen LogP contribution is 2.66. The molecule has 19 heteroatoms. The summed E-state index contributed by atoms with van der Waals surface area (Å²) in [5.74, 6) is -16.3. The van der Waals surface area contributed by atoms with Crippen LogP contribution < -0.4 is 0 Å². The normalized spacial score (nSPS) is 16.7. The van der Waals surface area contributed by atoms with Gasteiger partial charge in [-0.15, -0.1) is 0 Å². The first-order valence-corrected chi connectivity index (χ1v) is 5.71. The minimum atomic E-state index is -8.65. The zero-order chi connectivity index (χ0) is 23.6. The first-order valence-electron chi connectivity index (χ1n) is 5.71. The van der Waals surface area contributed by atoms with Crippen molar-refractivity contribution in [2.45, 2.75) is 48.1 Å². The van der Waals surface area contributed by atoms with Gasteiger partial charge in [-0.05, 0) is 0 Å². The molecule has 0 saturated carbocycles. The van der Waals surface area contributed by atoms with Crippen LogP contribution in [0.3, 0.4) is 0 Å². The Morgan fingerprint density at radius 2 is 0.464 bits per heavy atom. The van der Waals surface area contributed by atoms with Crippen LogP contribution in [0, 0.1) is 5.92 Å². The Kier molecular flexibility index (Phi) is 6.03. The number of hydrogen-bond acceptors (Lipinski definition) is 0. The van der Waals surface area contributed by atoms with Crippen LogP contribution in [0.4, 0.5) is 83.4 Å². The summed E-state index contributed by atoms with van der Waals surface area (Å²) in [7, 11) is 0. The fourth-order valence-corrected chi connectivity index (χ4v) is 1.91. The first kappa shape index (κ1) is 26.7. The van der Waals surface area contributed by atoms with Crippen molar-refractivity contribution >= 4 is 0 Å². The van der Waals surface area contributed by atoms with E-state index in [-0.39, 0.29) is 0 Å². The zero-order valence-corrected chi connectivity index (χ0v) is 11.8. The van der Waals surface area contributed by atoms with E-state index in [9.17, 15) is 83.4 Å². The van der Waals surface area contributed by atoms with E-state index < -0.39 is 54.1 Å². The molecule has 0 radical (unpaired) electrons. The van der Waals surface area contributed by atoms with Crippen LogP contribution in [-0.2, 0) is 0 Å². The van der Waals surface area contributed by atoms with E-state index in [0.717, 1.165) is 0 Å². The van der Waals surface area contributed by atoms with Crippen molar-refractivity contribution in [2.24, 2.45) is 5.92 Å². The molecule has 0 spiro atoms. The van der Waals surface area contributed by atoms with Gasteiger partial charge in [-0.3, -0.25) is 0 Å². The van der Waals surface area contributed by atoms with Gasteiger partial charge < -0.3 is 0 Å². The summed E-state index contributed by atoms with van der Waals surface area (Å²) in [5.41, 5.74) is -17.3. The number of halogens is 19. The topological polar surface area (TPSA) is 0 Å². The van der Waals surface area contributed by atoms with Crippen LogP contribution in [0.2, 0.25) is 0 Å². The van der Waals surface area contributed by atoms with Crippen molar-refractivity contribution in [2.75, 3.05) is 0 Å². The SMILES string of the molecule is FC(F)(F)C(F)(F)C(C(F)(C(F)(F)F)C(F)(F)F)C(F)(C(F)(F)F)C(F)(F)F. The molecule has 0 atom stereocenters. The molecule has 0 bridgehead atoms. The molecule has 0 aromatic rings. The molecule has 0 saturated heterocycles. The minimum Gasteiger partial charge on any atom is -0.223 e. The van der Waals surface area contributed by atoms with Crippen molar-refractivity contribution in [1.82, 2.24) is 0 Å². The molecule has 28 heavy (non-hydrogen) atoms. The summed E-state index contributed by atoms with van der Waals surface area (Å²) in [6.07, 6.45) is -41.5. The molecular formula is C9HF19. The Morgan fingerprint density at radius 3 is 0.571 bits per heavy atom. The lowest BCUT2D eigenvalue weighted by atomic mass is 9.71. The maximum absolute atomic E-state index is 13.6. The lowest BCUT2D eigenvalue weighted by Crippen LogP contribution is -2.76. The Morgan fingerprint density at radius 1 is 0.286 bits per heavy atom. The van der Waals surface area contributed by atoms with Crippen LogP contribution in [0.25, 0.3) is 0 Å². The average molecular weight is 470 g/mol. The molecule has 0 N–H and O–H groups in total. The molecule has 0 amide bonds. The van der Waals surface area contributed by atoms with Gasteiger partial charge in [0.2, 0.25) is 0 Å². The standard InChI is InChI=1S/C9HF19/c10-2(5(14,15)16,6(17,18)19)1(4(12,13)9(26,27)28)3(11,7(20,21)22)8(23,24)25/h1H. The molecule has 0 rings (SSSR count). The molecule has 0 fully saturated rings. The maximum atomic E-state index is 13.6. The van der Waals surface area contributed by atoms with Gasteiger partial charge in [0.05, 0.1) is 0 Å². The van der Waals surface area contributed by atoms with Gasteiger partial charge in [0.25, 0.3) is 0 Å². The zero-order valence-electron chi connectivity index (χ0n) is 11.8. The number of hydrogen-bond donors (Lipinski definition) is 0. The Bertz CT molecular complexity index is 482. The second kappa shape index (κ2) is 6.33. The van der Waals surface area contributed by atoms with Crippen molar-refractivity contribution in [1.29, 1.82) is 0 Å². The van der Waals surface area contributed by atoms with Crippen LogP contribution in [-0.4, -0.2) is 48.1 Å². The van der Waals surface area contributed by atoms with Crippen LogP contribution in [0.5, 0.6) is 0 Å². The fourth-order valence-electron chi connectivity index (χ4n) is 1.91. The maximum Gasteiger partial charge on any atom is 0.453 e. The molecule has 170 valence electrons. The van der Waals surface area contributed by atoms with Gasteiger partial charge in [-0.1, -0.05) is 0 Å². The smallest absolute Gasteiger partial charge is 0.223 e. The lowest BCUT2D eigenvalue weighted by Gasteiger charge is -2.47. The Balaban J connectivity index is 7.73. The van der Waals surface area contributed by atoms with Gasteiger partial charge in [-0.2, -0.15) is 74.6 Å². The molecule has 0 heterocycles. The molecule has 0 aliphatic heterocycles. The number of alkyl halides is 19. The van der Waals surface area contributed by atoms with Gasteiger partial charge >= 0.3 is 48.1 Å². The molecule has 0 aliphatic carbocycles. The molecular weight excluding hydrogens is 469 g/mol. The van der Waals surface area contributed by atoms with E-state index in [0.29, 0.717) is 0 Å². The van der Waals surface area contributed by atoms with Gasteiger partial charge in [0.1, 0.15) is 5.92 Å². The van der Waals surface area contributed by atoms with Crippen LogP contribution >= 0.6 is 0 Å². The van der Waals surface area contributed by atoms with Crippen molar-refractivity contribution in [3.63, 3.8) is 0 Å². The highest BCUT2D eigenvalue weighted by atomic mass is 19.4. The average Bonchev–Trinajstić information content (AvgIpc) is 2.31. The minimum absolute atomic E-state index is 7.77. The second-order valence-corrected chi connectivity index (χ2v) is 4.97. The predicted molar refractivity (Wildman–Crippen MR) is 46.4 cm³/mol. The Labute approximate surface area is 139 Å². The summed E-state index contributed by atoms with van der Waals surface area (Å²) in [5, 5.41) is 0. The summed E-state index contributed by atoms with van der Waals surface area (Å²) in [6.45, 7) is 0. The predicted octanol–water partition coefficient (Wildman–Crippen LogP) is 6.47. The van der Waals surface area contributed by atoms with Crippen LogP contribution in [0.1, 0.15) is 0 Å². The van der Waals surface area contributed by atoms with E-state index >= 15 is 0 Å². The van der Waals surface area contributed by atoms with Gasteiger partial charge in [0, 0.05) is 0 Å². The molecule has 0 aliphatic rings. The number of rotatable bonds is 3. The van der Waals surface area contributed by atoms with Crippen molar-refractivity contribution < 1.29 is 83.4 Å². The fraction of sp³-hybridized carbons (Fsp3) is 1.00. The Hall–Kier alpha value is -1.33. The summed E-state index contributed by atoms with van der Waals surface area (Å²) in [6, 6.07) is 0. The molecule has 0 aromatic heterocycles. The quantitative estimate of drug-likeness (QED) is 0.416. The molecule has 0 unspecified atom stereocenters. The lowest BCUT2D eigenvalue weighted by molar-refractivity contribution is -0.459. The van der Waals surface area contributed by atoms with E-state index in [1.165, 1.54) is 0 Å². The third-order valence-electron chi connectivity index (χ3n) is 3.19. The van der Waals surface area contributed by atoms with Crippen LogP contribution in [0.15, 0.2) is 0 Å². The van der Waals surface area contributed by atoms with Crippen molar-refractivity contribution in [3.8, 4) is 0 Å². The largest absolute Gasteiger partial charge is 0.453 e. The van der Waals surface area contributed by atoms with Gasteiger partial charge in [-0.25, -0.2) is 8.78 Å². The monoisotopic (exact) mass is 470 g/mol. The van der Waals surface area contributed by atoms with Crippen molar-refractivity contribution in [3.05, 3.63) is 0 Å².